The van der Waals surface area contributed by atoms with Gasteiger partial charge in [-0.15, -0.1) is 0 Å². The van der Waals surface area contributed by atoms with Gasteiger partial charge in [0.05, 0.1) is 11.4 Å². The summed E-state index contributed by atoms with van der Waals surface area (Å²) in [6.45, 7) is 6.17. The molecule has 1 aliphatic heterocycles. The topological polar surface area (TPSA) is 39.6 Å². The molecule has 2 aromatic carbocycles. The van der Waals surface area contributed by atoms with E-state index < -0.39 is 6.10 Å². The first kappa shape index (κ1) is 19.6. The number of nitrogens with zero attached hydrogens (tertiary/aromatic N) is 3. The maximum Gasteiger partial charge on any atom is 0.146 e. The van der Waals surface area contributed by atoms with Crippen molar-refractivity contribution < 1.29 is 9.50 Å². The molecule has 150 valence electrons. The van der Waals surface area contributed by atoms with Crippen LogP contribution in [0.15, 0.2) is 66.9 Å². The molecule has 4 rings (SSSR count). The molecule has 1 N–H and O–H groups in total. The molecule has 0 aliphatic carbocycles. The molecular formula is C24H26FN3O. The average molecular weight is 391 g/mol. The fourth-order valence-electron chi connectivity index (χ4n) is 3.94. The summed E-state index contributed by atoms with van der Waals surface area (Å²) in [5.74, 6) is -0.301. The highest BCUT2D eigenvalue weighted by molar-refractivity contribution is 5.57. The Hall–Kier alpha value is -2.76. The predicted molar refractivity (Wildman–Crippen MR) is 113 cm³/mol. The van der Waals surface area contributed by atoms with Crippen LogP contribution in [-0.2, 0) is 6.54 Å². The number of rotatable bonds is 5. The molecule has 0 amide bonds. The van der Waals surface area contributed by atoms with E-state index in [-0.39, 0.29) is 5.82 Å². The van der Waals surface area contributed by atoms with Crippen molar-refractivity contribution in [3.63, 3.8) is 0 Å². The SMILES string of the molecule is Cc1ccccc1CN1CCN(c2c(F)cccc2[C@@H](O)c2ccccn2)CC1. The van der Waals surface area contributed by atoms with Crippen molar-refractivity contribution in [3.05, 3.63) is 95.1 Å². The Labute approximate surface area is 171 Å². The largest absolute Gasteiger partial charge is 0.382 e. The van der Waals surface area contributed by atoms with Gasteiger partial charge in [0.2, 0.25) is 0 Å². The number of hydrogen-bond acceptors (Lipinski definition) is 4. The van der Waals surface area contributed by atoms with Crippen molar-refractivity contribution in [2.75, 3.05) is 31.1 Å². The highest BCUT2D eigenvalue weighted by atomic mass is 19.1. The average Bonchev–Trinajstić information content (AvgIpc) is 2.76. The number of anilines is 1. The number of pyridine rings is 1. The summed E-state index contributed by atoms with van der Waals surface area (Å²) in [5.41, 5.74) is 4.21. The fraction of sp³-hybridized carbons (Fsp3) is 0.292. The Morgan fingerprint density at radius 2 is 1.72 bits per heavy atom. The van der Waals surface area contributed by atoms with E-state index in [1.54, 1.807) is 30.5 Å². The second kappa shape index (κ2) is 8.72. The van der Waals surface area contributed by atoms with E-state index in [4.69, 9.17) is 0 Å². The van der Waals surface area contributed by atoms with Crippen molar-refractivity contribution in [3.8, 4) is 0 Å². The van der Waals surface area contributed by atoms with Crippen LogP contribution in [0.5, 0.6) is 0 Å². The van der Waals surface area contributed by atoms with Gasteiger partial charge in [-0.25, -0.2) is 4.39 Å². The van der Waals surface area contributed by atoms with Crippen LogP contribution in [0.4, 0.5) is 10.1 Å². The van der Waals surface area contributed by atoms with E-state index in [2.05, 4.69) is 41.1 Å². The number of aromatic nitrogens is 1. The monoisotopic (exact) mass is 391 g/mol. The Morgan fingerprint density at radius 3 is 2.45 bits per heavy atom. The number of piperazine rings is 1. The quantitative estimate of drug-likeness (QED) is 0.715. The van der Waals surface area contributed by atoms with E-state index >= 15 is 0 Å². The van der Waals surface area contributed by atoms with E-state index in [0.717, 1.165) is 32.7 Å². The molecular weight excluding hydrogens is 365 g/mol. The van der Waals surface area contributed by atoms with Crippen molar-refractivity contribution >= 4 is 5.69 Å². The van der Waals surface area contributed by atoms with Crippen LogP contribution < -0.4 is 4.90 Å². The zero-order valence-electron chi connectivity index (χ0n) is 16.6. The van der Waals surface area contributed by atoms with Gasteiger partial charge >= 0.3 is 0 Å². The van der Waals surface area contributed by atoms with Crippen LogP contribution in [0.3, 0.4) is 0 Å². The maximum atomic E-state index is 14.8. The second-order valence-corrected chi connectivity index (χ2v) is 7.52. The van der Waals surface area contributed by atoms with E-state index in [1.807, 2.05) is 11.0 Å². The summed E-state index contributed by atoms with van der Waals surface area (Å²) < 4.78 is 14.8. The summed E-state index contributed by atoms with van der Waals surface area (Å²) in [4.78, 5) is 8.68. The zero-order chi connectivity index (χ0) is 20.2. The lowest BCUT2D eigenvalue weighted by molar-refractivity contribution is 0.213. The van der Waals surface area contributed by atoms with Gasteiger partial charge in [0.1, 0.15) is 11.9 Å². The van der Waals surface area contributed by atoms with Crippen LogP contribution in [-0.4, -0.2) is 41.2 Å². The molecule has 0 spiro atoms. The van der Waals surface area contributed by atoms with Crippen LogP contribution in [0.25, 0.3) is 0 Å². The molecule has 0 saturated carbocycles. The van der Waals surface area contributed by atoms with Crippen molar-refractivity contribution in [2.45, 2.75) is 19.6 Å². The summed E-state index contributed by atoms with van der Waals surface area (Å²) in [5, 5.41) is 10.8. The van der Waals surface area contributed by atoms with Gasteiger partial charge in [-0.2, -0.15) is 0 Å². The molecule has 1 aromatic heterocycles. The maximum absolute atomic E-state index is 14.8. The highest BCUT2D eigenvalue weighted by Crippen LogP contribution is 2.33. The van der Waals surface area contributed by atoms with E-state index in [9.17, 15) is 9.50 Å². The number of para-hydroxylation sites is 1. The summed E-state index contributed by atoms with van der Waals surface area (Å²) in [6, 6.07) is 18.7. The lowest BCUT2D eigenvalue weighted by Gasteiger charge is -2.37. The molecule has 5 heteroatoms. The third kappa shape index (κ3) is 4.31. The minimum absolute atomic E-state index is 0.301. The van der Waals surface area contributed by atoms with Gasteiger partial charge in [0.15, 0.2) is 0 Å². The van der Waals surface area contributed by atoms with Crippen LogP contribution in [0.2, 0.25) is 0 Å². The van der Waals surface area contributed by atoms with Gasteiger partial charge in [0, 0.05) is 44.5 Å². The molecule has 1 fully saturated rings. The molecule has 1 atom stereocenters. The van der Waals surface area contributed by atoms with Crippen LogP contribution in [0.1, 0.15) is 28.5 Å². The third-order valence-electron chi connectivity index (χ3n) is 5.62. The third-order valence-corrected chi connectivity index (χ3v) is 5.62. The van der Waals surface area contributed by atoms with Crippen LogP contribution in [0, 0.1) is 12.7 Å². The molecule has 0 bridgehead atoms. The van der Waals surface area contributed by atoms with Crippen molar-refractivity contribution in [1.82, 2.24) is 9.88 Å². The van der Waals surface area contributed by atoms with E-state index in [0.29, 0.717) is 16.9 Å². The number of aliphatic hydroxyl groups is 1. The highest BCUT2D eigenvalue weighted by Gasteiger charge is 2.25. The summed E-state index contributed by atoms with van der Waals surface area (Å²) >= 11 is 0. The van der Waals surface area contributed by atoms with Crippen molar-refractivity contribution in [1.29, 1.82) is 0 Å². The lowest BCUT2D eigenvalue weighted by Crippen LogP contribution is -2.46. The predicted octanol–water partition coefficient (Wildman–Crippen LogP) is 3.93. The number of halogens is 1. The zero-order valence-corrected chi connectivity index (χ0v) is 16.6. The first-order chi connectivity index (χ1) is 14.1. The Bertz CT molecular complexity index is 955. The van der Waals surface area contributed by atoms with Crippen LogP contribution >= 0.6 is 0 Å². The van der Waals surface area contributed by atoms with Gasteiger partial charge in [0.25, 0.3) is 0 Å². The molecule has 0 radical (unpaired) electrons. The van der Waals surface area contributed by atoms with E-state index in [1.165, 1.54) is 17.2 Å². The smallest absolute Gasteiger partial charge is 0.146 e. The van der Waals surface area contributed by atoms with Gasteiger partial charge < -0.3 is 10.0 Å². The molecule has 1 saturated heterocycles. The minimum atomic E-state index is -0.952. The Balaban J connectivity index is 1.51. The first-order valence-electron chi connectivity index (χ1n) is 10.0. The number of aliphatic hydroxyl groups excluding tert-OH is 1. The first-order valence-corrected chi connectivity index (χ1v) is 10.0. The molecule has 4 nitrogen and oxygen atoms in total. The number of aryl methyl sites for hydroxylation is 1. The molecule has 3 aromatic rings. The Morgan fingerprint density at radius 1 is 0.966 bits per heavy atom. The normalized spacial score (nSPS) is 16.0. The lowest BCUT2D eigenvalue weighted by atomic mass is 10.0. The molecule has 0 unspecified atom stereocenters. The van der Waals surface area contributed by atoms with Gasteiger partial charge in [-0.3, -0.25) is 9.88 Å². The summed E-state index contributed by atoms with van der Waals surface area (Å²) in [6.07, 6.45) is 0.689. The number of benzene rings is 2. The molecule has 2 heterocycles. The van der Waals surface area contributed by atoms with Crippen molar-refractivity contribution in [2.24, 2.45) is 0 Å². The molecule has 1 aliphatic rings. The van der Waals surface area contributed by atoms with Gasteiger partial charge in [-0.1, -0.05) is 42.5 Å². The Kier molecular flexibility index (Phi) is 5.88. The minimum Gasteiger partial charge on any atom is -0.382 e. The number of hydrogen-bond donors (Lipinski definition) is 1. The van der Waals surface area contributed by atoms with Gasteiger partial charge in [-0.05, 0) is 36.2 Å². The fourth-order valence-corrected chi connectivity index (χ4v) is 3.94. The second-order valence-electron chi connectivity index (χ2n) is 7.52. The molecule has 29 heavy (non-hydrogen) atoms. The summed E-state index contributed by atoms with van der Waals surface area (Å²) in [7, 11) is 0. The standard InChI is InChI=1S/C24H26FN3O/c1-18-7-2-3-8-19(18)17-27-13-15-28(16-14-27)23-20(9-6-10-21(23)25)24(29)22-11-4-5-12-26-22/h2-12,24,29H,13-17H2,1H3/t24-/m1/s1.